The molecule has 2 heterocycles. The lowest BCUT2D eigenvalue weighted by molar-refractivity contribution is -0.138. The summed E-state index contributed by atoms with van der Waals surface area (Å²) in [5, 5.41) is 3.29. The van der Waals surface area contributed by atoms with Crippen LogP contribution in [0.5, 0.6) is 0 Å². The third kappa shape index (κ3) is 3.07. The molecule has 1 N–H and O–H groups in total. The van der Waals surface area contributed by atoms with E-state index in [2.05, 4.69) is 16.8 Å². The number of carbonyl (C=O) groups is 1. The van der Waals surface area contributed by atoms with Gasteiger partial charge in [-0.05, 0) is 19.4 Å². The Morgan fingerprint density at radius 3 is 2.76 bits per heavy atom. The van der Waals surface area contributed by atoms with Gasteiger partial charge in [0.25, 0.3) is 0 Å². The highest BCUT2D eigenvalue weighted by molar-refractivity contribution is 5.82. The Bertz CT molecular complexity index is 274. The maximum Gasteiger partial charge on any atom is 0.240 e. The van der Waals surface area contributed by atoms with Gasteiger partial charge in [0.15, 0.2) is 0 Å². The number of hydrogen-bond acceptors (Lipinski definition) is 3. The molecule has 4 nitrogen and oxygen atoms in total. The van der Waals surface area contributed by atoms with E-state index in [-0.39, 0.29) is 6.04 Å². The molecule has 1 amide bonds. The van der Waals surface area contributed by atoms with Gasteiger partial charge in [-0.15, -0.1) is 6.58 Å². The maximum atomic E-state index is 12.5. The number of piperazine rings is 1. The first-order valence-electron chi connectivity index (χ1n) is 6.67. The molecular weight excluding hydrogens is 214 g/mol. The van der Waals surface area contributed by atoms with Crippen LogP contribution in [-0.4, -0.2) is 61.0 Å². The zero-order chi connectivity index (χ0) is 12.1. The van der Waals surface area contributed by atoms with Crippen molar-refractivity contribution in [1.29, 1.82) is 0 Å². The molecule has 0 bridgehead atoms. The van der Waals surface area contributed by atoms with Crippen molar-refractivity contribution in [1.82, 2.24) is 15.1 Å². The summed E-state index contributed by atoms with van der Waals surface area (Å²) in [6.07, 6.45) is 5.30. The molecule has 2 fully saturated rings. The van der Waals surface area contributed by atoms with Crippen molar-refractivity contribution in [3.63, 3.8) is 0 Å². The van der Waals surface area contributed by atoms with Crippen LogP contribution in [-0.2, 0) is 4.79 Å². The number of carbonyl (C=O) groups excluding carboxylic acids is 1. The predicted molar refractivity (Wildman–Crippen MR) is 68.9 cm³/mol. The molecule has 96 valence electrons. The van der Waals surface area contributed by atoms with Crippen molar-refractivity contribution in [2.24, 2.45) is 0 Å². The number of nitrogens with zero attached hydrogens (tertiary/aromatic N) is 2. The summed E-state index contributed by atoms with van der Waals surface area (Å²) >= 11 is 0. The predicted octanol–water partition coefficient (Wildman–Crippen LogP) is 0.459. The van der Waals surface area contributed by atoms with Crippen molar-refractivity contribution in [2.45, 2.75) is 25.3 Å². The molecule has 2 saturated heterocycles. The van der Waals surface area contributed by atoms with Gasteiger partial charge in [-0.1, -0.05) is 12.5 Å². The van der Waals surface area contributed by atoms with E-state index in [1.165, 1.54) is 12.8 Å². The van der Waals surface area contributed by atoms with E-state index in [9.17, 15) is 4.79 Å². The third-order valence-electron chi connectivity index (χ3n) is 3.69. The molecule has 1 atom stereocenters. The van der Waals surface area contributed by atoms with Gasteiger partial charge in [0.05, 0.1) is 6.04 Å². The van der Waals surface area contributed by atoms with Crippen LogP contribution in [0.4, 0.5) is 0 Å². The van der Waals surface area contributed by atoms with Gasteiger partial charge in [-0.25, -0.2) is 0 Å². The van der Waals surface area contributed by atoms with Crippen LogP contribution in [0.1, 0.15) is 19.3 Å². The highest BCUT2D eigenvalue weighted by Gasteiger charge is 2.31. The number of nitrogens with one attached hydrogen (secondary N) is 1. The third-order valence-corrected chi connectivity index (χ3v) is 3.69. The standard InChI is InChI=1S/C13H23N3O/c1-2-8-15-9-4-3-5-12(15)13(17)16-10-6-14-7-11-16/h2,12,14H,1,3-11H2. The van der Waals surface area contributed by atoms with Crippen molar-refractivity contribution in [2.75, 3.05) is 39.3 Å². The first kappa shape index (κ1) is 12.6. The quantitative estimate of drug-likeness (QED) is 0.724. The van der Waals surface area contributed by atoms with Crippen LogP contribution in [0.3, 0.4) is 0 Å². The van der Waals surface area contributed by atoms with E-state index in [1.807, 2.05) is 11.0 Å². The molecule has 0 radical (unpaired) electrons. The summed E-state index contributed by atoms with van der Waals surface area (Å²) in [7, 11) is 0. The maximum absolute atomic E-state index is 12.5. The molecular formula is C13H23N3O. The molecule has 17 heavy (non-hydrogen) atoms. The Balaban J connectivity index is 1.96. The number of piperidine rings is 1. The molecule has 2 rings (SSSR count). The lowest BCUT2D eigenvalue weighted by atomic mass is 10.0. The van der Waals surface area contributed by atoms with Crippen LogP contribution in [0, 0.1) is 0 Å². The second-order valence-electron chi connectivity index (χ2n) is 4.87. The van der Waals surface area contributed by atoms with E-state index in [1.54, 1.807) is 0 Å². The normalized spacial score (nSPS) is 26.8. The molecule has 0 aliphatic carbocycles. The van der Waals surface area contributed by atoms with E-state index in [0.29, 0.717) is 5.91 Å². The number of hydrogen-bond donors (Lipinski definition) is 1. The van der Waals surface area contributed by atoms with Crippen molar-refractivity contribution in [3.05, 3.63) is 12.7 Å². The van der Waals surface area contributed by atoms with Gasteiger partial charge in [-0.3, -0.25) is 9.69 Å². The minimum absolute atomic E-state index is 0.0971. The van der Waals surface area contributed by atoms with E-state index < -0.39 is 0 Å². The summed E-state index contributed by atoms with van der Waals surface area (Å²) in [5.41, 5.74) is 0. The lowest BCUT2D eigenvalue weighted by Crippen LogP contribution is -2.55. The molecule has 0 spiro atoms. The molecule has 0 saturated carbocycles. The average Bonchev–Trinajstić information content (AvgIpc) is 2.40. The number of amides is 1. The fourth-order valence-corrected chi connectivity index (χ4v) is 2.75. The molecule has 0 aromatic heterocycles. The number of likely N-dealkylation sites (tertiary alicyclic amines) is 1. The van der Waals surface area contributed by atoms with Crippen molar-refractivity contribution in [3.8, 4) is 0 Å². The molecule has 2 aliphatic heterocycles. The van der Waals surface area contributed by atoms with E-state index >= 15 is 0 Å². The first-order valence-corrected chi connectivity index (χ1v) is 6.67. The van der Waals surface area contributed by atoms with Crippen LogP contribution in [0.15, 0.2) is 12.7 Å². The monoisotopic (exact) mass is 237 g/mol. The summed E-state index contributed by atoms with van der Waals surface area (Å²) in [6, 6.07) is 0.0971. The Morgan fingerprint density at radius 1 is 1.29 bits per heavy atom. The van der Waals surface area contributed by atoms with Gasteiger partial charge in [0.1, 0.15) is 0 Å². The summed E-state index contributed by atoms with van der Waals surface area (Å²) in [5.74, 6) is 0.327. The van der Waals surface area contributed by atoms with Crippen LogP contribution in [0.25, 0.3) is 0 Å². The van der Waals surface area contributed by atoms with Gasteiger partial charge < -0.3 is 10.2 Å². The zero-order valence-corrected chi connectivity index (χ0v) is 10.5. The minimum Gasteiger partial charge on any atom is -0.339 e. The topological polar surface area (TPSA) is 35.6 Å². The minimum atomic E-state index is 0.0971. The average molecular weight is 237 g/mol. The molecule has 2 aliphatic rings. The summed E-state index contributed by atoms with van der Waals surface area (Å²) in [4.78, 5) is 16.8. The second-order valence-corrected chi connectivity index (χ2v) is 4.87. The Morgan fingerprint density at radius 2 is 2.06 bits per heavy atom. The van der Waals surface area contributed by atoms with Crippen molar-refractivity contribution >= 4 is 5.91 Å². The highest BCUT2D eigenvalue weighted by Crippen LogP contribution is 2.19. The summed E-state index contributed by atoms with van der Waals surface area (Å²) < 4.78 is 0. The van der Waals surface area contributed by atoms with Gasteiger partial charge >= 0.3 is 0 Å². The van der Waals surface area contributed by atoms with Crippen LogP contribution < -0.4 is 5.32 Å². The number of rotatable bonds is 3. The molecule has 0 aromatic rings. The second kappa shape index (κ2) is 6.17. The Kier molecular flexibility index (Phi) is 4.57. The van der Waals surface area contributed by atoms with E-state index in [0.717, 1.165) is 45.7 Å². The lowest BCUT2D eigenvalue weighted by Gasteiger charge is -2.38. The molecule has 1 unspecified atom stereocenters. The first-order chi connectivity index (χ1) is 8.33. The summed E-state index contributed by atoms with van der Waals surface area (Å²) in [6.45, 7) is 9.23. The van der Waals surface area contributed by atoms with Gasteiger partial charge in [0.2, 0.25) is 5.91 Å². The SMILES string of the molecule is C=CCN1CCCCC1C(=O)N1CCNCC1. The molecule has 0 aromatic carbocycles. The highest BCUT2D eigenvalue weighted by atomic mass is 16.2. The van der Waals surface area contributed by atoms with Gasteiger partial charge in [0, 0.05) is 32.7 Å². The Labute approximate surface area is 104 Å². The Hall–Kier alpha value is -0.870. The van der Waals surface area contributed by atoms with Gasteiger partial charge in [-0.2, -0.15) is 0 Å². The fraction of sp³-hybridized carbons (Fsp3) is 0.769. The fourth-order valence-electron chi connectivity index (χ4n) is 2.75. The smallest absolute Gasteiger partial charge is 0.240 e. The van der Waals surface area contributed by atoms with Crippen LogP contribution in [0.2, 0.25) is 0 Å². The molecule has 4 heteroatoms. The largest absolute Gasteiger partial charge is 0.339 e. The van der Waals surface area contributed by atoms with E-state index in [4.69, 9.17) is 0 Å². The van der Waals surface area contributed by atoms with Crippen molar-refractivity contribution < 1.29 is 4.79 Å². The zero-order valence-electron chi connectivity index (χ0n) is 10.5. The van der Waals surface area contributed by atoms with Crippen LogP contribution >= 0.6 is 0 Å².